The van der Waals surface area contributed by atoms with Crippen LogP contribution in [-0.2, 0) is 22.5 Å². The highest BCUT2D eigenvalue weighted by atomic mass is 35.5. The number of nitrogens with zero attached hydrogens (tertiary/aromatic N) is 1. The largest absolute Gasteiger partial charge is 0.363 e. The molecule has 0 saturated heterocycles. The van der Waals surface area contributed by atoms with Crippen LogP contribution in [0, 0.1) is 0 Å². The lowest BCUT2D eigenvalue weighted by Gasteiger charge is -2.31. The highest BCUT2D eigenvalue weighted by Crippen LogP contribution is 2.29. The van der Waals surface area contributed by atoms with Crippen molar-refractivity contribution in [2.75, 3.05) is 19.7 Å². The van der Waals surface area contributed by atoms with Crippen LogP contribution in [0.3, 0.4) is 0 Å². The second-order valence-corrected chi connectivity index (χ2v) is 6.09. The number of nitrogens with two attached hydrogens (primary N) is 1. The molecule has 1 unspecified atom stereocenters. The van der Waals surface area contributed by atoms with Gasteiger partial charge in [-0.05, 0) is 36.1 Å². The predicted octanol–water partition coefficient (Wildman–Crippen LogP) is 3.10. The summed E-state index contributed by atoms with van der Waals surface area (Å²) in [6.45, 7) is 2.39. The average Bonchev–Trinajstić information content (AvgIpc) is 2.65. The van der Waals surface area contributed by atoms with Crippen molar-refractivity contribution >= 4 is 18.3 Å². The Bertz CT molecular complexity index is 678. The zero-order chi connectivity index (χ0) is 16.8. The van der Waals surface area contributed by atoms with E-state index >= 15 is 0 Å². The van der Waals surface area contributed by atoms with Crippen LogP contribution in [0.5, 0.6) is 0 Å². The van der Waals surface area contributed by atoms with Gasteiger partial charge in [-0.25, -0.2) is 0 Å². The zero-order valence-electron chi connectivity index (χ0n) is 14.3. The average molecular weight is 361 g/mol. The van der Waals surface area contributed by atoms with E-state index in [-0.39, 0.29) is 18.3 Å². The Morgan fingerprint density at radius 3 is 2.60 bits per heavy atom. The normalized spacial score (nSPS) is 15.8. The molecule has 0 spiro atoms. The van der Waals surface area contributed by atoms with Gasteiger partial charge in [-0.1, -0.05) is 54.6 Å². The van der Waals surface area contributed by atoms with Crippen LogP contribution < -0.4 is 5.73 Å². The maximum atomic E-state index is 13.1. The van der Waals surface area contributed by atoms with E-state index in [9.17, 15) is 4.79 Å². The molecular weight excluding hydrogens is 336 g/mol. The van der Waals surface area contributed by atoms with Gasteiger partial charge in [-0.15, -0.1) is 12.4 Å². The van der Waals surface area contributed by atoms with Crippen LogP contribution in [0.15, 0.2) is 54.6 Å². The quantitative estimate of drug-likeness (QED) is 0.861. The fourth-order valence-electron chi connectivity index (χ4n) is 3.12. The summed E-state index contributed by atoms with van der Waals surface area (Å²) in [6.07, 6.45) is 1.14. The topological polar surface area (TPSA) is 55.6 Å². The van der Waals surface area contributed by atoms with Crippen molar-refractivity contribution in [3.05, 3.63) is 71.3 Å². The first-order valence-electron chi connectivity index (χ1n) is 8.52. The monoisotopic (exact) mass is 360 g/mol. The van der Waals surface area contributed by atoms with Crippen molar-refractivity contribution in [1.82, 2.24) is 4.90 Å². The van der Waals surface area contributed by atoms with Crippen LogP contribution in [0.1, 0.15) is 29.2 Å². The summed E-state index contributed by atoms with van der Waals surface area (Å²) in [4.78, 5) is 15.0. The van der Waals surface area contributed by atoms with Crippen molar-refractivity contribution in [2.45, 2.75) is 25.5 Å². The molecule has 0 bridgehead atoms. The molecule has 134 valence electrons. The number of rotatable bonds is 6. The molecule has 1 heterocycles. The van der Waals surface area contributed by atoms with E-state index < -0.39 is 6.10 Å². The molecule has 1 atom stereocenters. The summed E-state index contributed by atoms with van der Waals surface area (Å²) >= 11 is 0. The lowest BCUT2D eigenvalue weighted by Crippen LogP contribution is -2.38. The molecule has 2 N–H and O–H groups in total. The third kappa shape index (κ3) is 4.82. The summed E-state index contributed by atoms with van der Waals surface area (Å²) in [5.41, 5.74) is 8.98. The molecule has 0 aliphatic carbocycles. The zero-order valence-corrected chi connectivity index (χ0v) is 15.1. The molecule has 0 saturated carbocycles. The summed E-state index contributed by atoms with van der Waals surface area (Å²) in [5.74, 6) is 0.0273. The minimum absolute atomic E-state index is 0. The van der Waals surface area contributed by atoms with Gasteiger partial charge in [0.05, 0.1) is 6.61 Å². The van der Waals surface area contributed by atoms with Crippen molar-refractivity contribution in [2.24, 2.45) is 5.73 Å². The lowest BCUT2D eigenvalue weighted by atomic mass is 9.96. The molecular formula is C20H25ClN2O2. The van der Waals surface area contributed by atoms with Crippen molar-refractivity contribution in [3.63, 3.8) is 0 Å². The minimum atomic E-state index is -0.503. The summed E-state index contributed by atoms with van der Waals surface area (Å²) in [7, 11) is 0. The van der Waals surface area contributed by atoms with Gasteiger partial charge in [0.1, 0.15) is 0 Å². The maximum absolute atomic E-state index is 13.1. The van der Waals surface area contributed by atoms with E-state index in [4.69, 9.17) is 10.5 Å². The fourth-order valence-corrected chi connectivity index (χ4v) is 3.12. The van der Waals surface area contributed by atoms with Gasteiger partial charge in [-0.3, -0.25) is 4.79 Å². The molecule has 2 aromatic carbocycles. The number of amides is 1. The molecule has 25 heavy (non-hydrogen) atoms. The third-order valence-electron chi connectivity index (χ3n) is 4.38. The number of hydrogen-bond donors (Lipinski definition) is 1. The van der Waals surface area contributed by atoms with Crippen molar-refractivity contribution in [1.29, 1.82) is 0 Å². The van der Waals surface area contributed by atoms with E-state index in [1.165, 1.54) is 5.56 Å². The van der Waals surface area contributed by atoms with Gasteiger partial charge in [0.15, 0.2) is 6.10 Å². The van der Waals surface area contributed by atoms with E-state index in [1.54, 1.807) is 0 Å². The van der Waals surface area contributed by atoms with E-state index in [0.717, 1.165) is 24.0 Å². The number of carbonyl (C=O) groups is 1. The number of halogens is 1. The molecule has 0 aromatic heterocycles. The highest BCUT2D eigenvalue weighted by molar-refractivity contribution is 5.85. The Balaban J connectivity index is 0.00000225. The molecule has 0 fully saturated rings. The minimum Gasteiger partial charge on any atom is -0.363 e. The standard InChI is InChI=1S/C20H24N2O2.ClH/c21-12-6-13-22(15-16-7-2-1-3-8-16)20(23)19-18-10-5-4-9-17(18)11-14-24-19;/h1-5,7-10,19H,6,11-15,21H2;1H. The van der Waals surface area contributed by atoms with Crippen LogP contribution in [0.4, 0.5) is 0 Å². The molecule has 1 aliphatic rings. The first kappa shape index (κ1) is 19.4. The van der Waals surface area contributed by atoms with Crippen molar-refractivity contribution in [3.8, 4) is 0 Å². The number of hydrogen-bond acceptors (Lipinski definition) is 3. The van der Waals surface area contributed by atoms with Gasteiger partial charge in [0, 0.05) is 13.1 Å². The summed E-state index contributed by atoms with van der Waals surface area (Å²) in [6, 6.07) is 18.1. The summed E-state index contributed by atoms with van der Waals surface area (Å²) in [5, 5.41) is 0. The molecule has 3 rings (SSSR count). The van der Waals surface area contributed by atoms with Gasteiger partial charge in [-0.2, -0.15) is 0 Å². The van der Waals surface area contributed by atoms with Gasteiger partial charge in [0.25, 0.3) is 5.91 Å². The second kappa shape index (κ2) is 9.56. The van der Waals surface area contributed by atoms with Crippen molar-refractivity contribution < 1.29 is 9.53 Å². The van der Waals surface area contributed by atoms with Crippen LogP contribution in [0.2, 0.25) is 0 Å². The Hall–Kier alpha value is -1.88. The Kier molecular flexibility index (Phi) is 7.44. The van der Waals surface area contributed by atoms with Gasteiger partial charge >= 0.3 is 0 Å². The Morgan fingerprint density at radius 2 is 1.84 bits per heavy atom. The van der Waals surface area contributed by atoms with Crippen LogP contribution in [0.25, 0.3) is 0 Å². The molecule has 0 radical (unpaired) electrons. The molecule has 2 aromatic rings. The smallest absolute Gasteiger partial charge is 0.256 e. The highest BCUT2D eigenvalue weighted by Gasteiger charge is 2.30. The van der Waals surface area contributed by atoms with E-state index in [1.807, 2.05) is 53.4 Å². The SMILES string of the molecule is Cl.NCCCN(Cc1ccccc1)C(=O)C1OCCc2ccccc21. The number of carbonyl (C=O) groups excluding carboxylic acids is 1. The molecule has 5 heteroatoms. The second-order valence-electron chi connectivity index (χ2n) is 6.09. The molecule has 1 aliphatic heterocycles. The molecule has 4 nitrogen and oxygen atoms in total. The molecule has 1 amide bonds. The van der Waals surface area contributed by atoms with E-state index in [2.05, 4.69) is 6.07 Å². The van der Waals surface area contributed by atoms with Crippen LogP contribution >= 0.6 is 12.4 Å². The number of benzene rings is 2. The van der Waals surface area contributed by atoms with Crippen LogP contribution in [-0.4, -0.2) is 30.5 Å². The third-order valence-corrected chi connectivity index (χ3v) is 4.38. The van der Waals surface area contributed by atoms with E-state index in [0.29, 0.717) is 26.2 Å². The summed E-state index contributed by atoms with van der Waals surface area (Å²) < 4.78 is 5.84. The maximum Gasteiger partial charge on any atom is 0.256 e. The van der Waals surface area contributed by atoms with Gasteiger partial charge in [0.2, 0.25) is 0 Å². The van der Waals surface area contributed by atoms with Gasteiger partial charge < -0.3 is 15.4 Å². The number of fused-ring (bicyclic) bond motifs is 1. The Morgan fingerprint density at radius 1 is 1.12 bits per heavy atom. The fraction of sp³-hybridized carbons (Fsp3) is 0.350. The lowest BCUT2D eigenvalue weighted by molar-refractivity contribution is -0.145. The Labute approximate surface area is 155 Å². The first-order chi connectivity index (χ1) is 11.8. The number of ether oxygens (including phenoxy) is 1. The first-order valence-corrected chi connectivity index (χ1v) is 8.52. The predicted molar refractivity (Wildman–Crippen MR) is 102 cm³/mol.